The van der Waals surface area contributed by atoms with Crippen LogP contribution in [-0.4, -0.2) is 22.2 Å². The van der Waals surface area contributed by atoms with Gasteiger partial charge in [-0.05, 0) is 54.3 Å². The molecule has 0 saturated heterocycles. The lowest BCUT2D eigenvalue weighted by Crippen LogP contribution is -2.11. The van der Waals surface area contributed by atoms with Gasteiger partial charge in [-0.25, -0.2) is 4.98 Å². The van der Waals surface area contributed by atoms with Gasteiger partial charge in [0, 0.05) is 24.5 Å². The minimum Gasteiger partial charge on any atom is -0.284 e. The van der Waals surface area contributed by atoms with Crippen molar-refractivity contribution in [3.63, 3.8) is 0 Å². The zero-order valence-corrected chi connectivity index (χ0v) is 12.9. The van der Waals surface area contributed by atoms with Gasteiger partial charge in [0.05, 0.1) is 21.4 Å². The van der Waals surface area contributed by atoms with Crippen molar-refractivity contribution in [2.45, 2.75) is 12.8 Å². The van der Waals surface area contributed by atoms with Crippen molar-refractivity contribution in [2.24, 2.45) is 4.99 Å². The molecular formula is C18H15N3S. The Bertz CT molecular complexity index is 862. The van der Waals surface area contributed by atoms with Gasteiger partial charge in [0.1, 0.15) is 0 Å². The second kappa shape index (κ2) is 5.81. The molecule has 0 saturated carbocycles. The maximum absolute atomic E-state index is 4.72. The molecule has 0 atom stereocenters. The van der Waals surface area contributed by atoms with Crippen molar-refractivity contribution >= 4 is 33.3 Å². The van der Waals surface area contributed by atoms with Gasteiger partial charge in [0.25, 0.3) is 0 Å². The zero-order chi connectivity index (χ0) is 14.8. The van der Waals surface area contributed by atoms with E-state index in [9.17, 15) is 0 Å². The normalized spacial score (nSPS) is 16.9. The first-order valence-corrected chi connectivity index (χ1v) is 8.27. The molecule has 3 aromatic rings. The summed E-state index contributed by atoms with van der Waals surface area (Å²) in [7, 11) is 0. The Morgan fingerprint density at radius 1 is 1.18 bits per heavy atom. The molecule has 0 fully saturated rings. The number of aromatic nitrogens is 2. The molecule has 0 amide bonds. The summed E-state index contributed by atoms with van der Waals surface area (Å²) in [5.41, 5.74) is 7.61. The standard InChI is InChI=1S/C18H15N3S/c1-4-15(11-19-7-1)18-14(3-2-8-20-18)9-13-5-6-17-16(10-13)21-12-22-17/h1,4-7,9-12H,2-3,8H2. The number of fused-ring (bicyclic) bond motifs is 1. The zero-order valence-electron chi connectivity index (χ0n) is 12.1. The molecule has 0 radical (unpaired) electrons. The van der Waals surface area contributed by atoms with E-state index >= 15 is 0 Å². The second-order valence-corrected chi connectivity index (χ2v) is 6.21. The molecule has 0 N–H and O–H groups in total. The number of allylic oxidation sites excluding steroid dienone is 1. The lowest BCUT2D eigenvalue weighted by molar-refractivity contribution is 0.818. The van der Waals surface area contributed by atoms with E-state index in [1.165, 1.54) is 15.8 Å². The maximum atomic E-state index is 4.72. The van der Waals surface area contributed by atoms with Gasteiger partial charge in [-0.1, -0.05) is 6.07 Å². The molecule has 0 bridgehead atoms. The first-order valence-electron chi connectivity index (χ1n) is 7.39. The van der Waals surface area contributed by atoms with Gasteiger partial charge in [-0.2, -0.15) is 0 Å². The van der Waals surface area contributed by atoms with Crippen molar-refractivity contribution in [3.8, 4) is 0 Å². The summed E-state index contributed by atoms with van der Waals surface area (Å²) < 4.78 is 1.23. The van der Waals surface area contributed by atoms with Crippen molar-refractivity contribution in [1.29, 1.82) is 0 Å². The van der Waals surface area contributed by atoms with Crippen LogP contribution < -0.4 is 0 Å². The number of pyridine rings is 1. The summed E-state index contributed by atoms with van der Waals surface area (Å²) in [6.07, 6.45) is 8.09. The highest BCUT2D eigenvalue weighted by Crippen LogP contribution is 2.24. The Morgan fingerprint density at radius 2 is 2.18 bits per heavy atom. The first-order chi connectivity index (χ1) is 10.9. The molecule has 2 aromatic heterocycles. The predicted molar refractivity (Wildman–Crippen MR) is 92.5 cm³/mol. The van der Waals surface area contributed by atoms with E-state index in [-0.39, 0.29) is 0 Å². The topological polar surface area (TPSA) is 38.1 Å². The van der Waals surface area contributed by atoms with Gasteiger partial charge in [-0.15, -0.1) is 11.3 Å². The van der Waals surface area contributed by atoms with Crippen LogP contribution in [0.15, 0.2) is 58.8 Å². The molecular weight excluding hydrogens is 290 g/mol. The van der Waals surface area contributed by atoms with E-state index in [4.69, 9.17) is 4.99 Å². The molecule has 22 heavy (non-hydrogen) atoms. The number of benzene rings is 1. The van der Waals surface area contributed by atoms with Crippen molar-refractivity contribution in [3.05, 3.63) is 64.9 Å². The minimum atomic E-state index is 0.896. The quantitative estimate of drug-likeness (QED) is 0.705. The van der Waals surface area contributed by atoms with Gasteiger partial charge in [0.15, 0.2) is 0 Å². The SMILES string of the molecule is C(=C1CCCN=C1c1cccnc1)c1ccc2scnc2c1. The molecule has 1 aliphatic rings. The van der Waals surface area contributed by atoms with Crippen LogP contribution in [-0.2, 0) is 0 Å². The average Bonchev–Trinajstić information content (AvgIpc) is 3.04. The minimum absolute atomic E-state index is 0.896. The molecule has 0 spiro atoms. The summed E-state index contributed by atoms with van der Waals surface area (Å²) in [6, 6.07) is 10.5. The fourth-order valence-electron chi connectivity index (χ4n) is 2.77. The number of aliphatic imine (C=N–C) groups is 1. The Hall–Kier alpha value is -2.33. The van der Waals surface area contributed by atoms with Crippen LogP contribution in [0.5, 0.6) is 0 Å². The molecule has 4 rings (SSSR count). The van der Waals surface area contributed by atoms with Gasteiger partial charge >= 0.3 is 0 Å². The van der Waals surface area contributed by atoms with Crippen LogP contribution in [0.25, 0.3) is 16.3 Å². The van der Waals surface area contributed by atoms with E-state index in [1.807, 2.05) is 17.8 Å². The van der Waals surface area contributed by atoms with E-state index < -0.39 is 0 Å². The van der Waals surface area contributed by atoms with Gasteiger partial charge < -0.3 is 0 Å². The third-order valence-electron chi connectivity index (χ3n) is 3.81. The largest absolute Gasteiger partial charge is 0.284 e. The molecule has 4 heteroatoms. The Morgan fingerprint density at radius 3 is 3.09 bits per heavy atom. The van der Waals surface area contributed by atoms with Crippen LogP contribution in [0.4, 0.5) is 0 Å². The highest BCUT2D eigenvalue weighted by Gasteiger charge is 2.14. The van der Waals surface area contributed by atoms with Crippen LogP contribution in [0, 0.1) is 0 Å². The molecule has 3 nitrogen and oxygen atoms in total. The average molecular weight is 305 g/mol. The molecule has 0 aliphatic carbocycles. The lowest BCUT2D eigenvalue weighted by atomic mass is 9.95. The van der Waals surface area contributed by atoms with Crippen LogP contribution in [0.1, 0.15) is 24.0 Å². The monoisotopic (exact) mass is 305 g/mol. The molecule has 1 aromatic carbocycles. The van der Waals surface area contributed by atoms with Gasteiger partial charge in [-0.3, -0.25) is 9.98 Å². The summed E-state index contributed by atoms with van der Waals surface area (Å²) in [6.45, 7) is 0.896. The summed E-state index contributed by atoms with van der Waals surface area (Å²) in [4.78, 5) is 13.3. The first kappa shape index (κ1) is 13.3. The number of rotatable bonds is 2. The number of hydrogen-bond acceptors (Lipinski definition) is 4. The smallest absolute Gasteiger partial charge is 0.0817 e. The highest BCUT2D eigenvalue weighted by molar-refractivity contribution is 7.16. The van der Waals surface area contributed by atoms with E-state index in [1.54, 1.807) is 17.5 Å². The molecule has 108 valence electrons. The molecule has 3 heterocycles. The second-order valence-electron chi connectivity index (χ2n) is 5.32. The highest BCUT2D eigenvalue weighted by atomic mass is 32.1. The van der Waals surface area contributed by atoms with Gasteiger partial charge in [0.2, 0.25) is 0 Å². The van der Waals surface area contributed by atoms with E-state index in [0.29, 0.717) is 0 Å². The molecule has 0 unspecified atom stereocenters. The Balaban J connectivity index is 1.75. The third-order valence-corrected chi connectivity index (χ3v) is 4.62. The van der Waals surface area contributed by atoms with Crippen molar-refractivity contribution in [1.82, 2.24) is 9.97 Å². The predicted octanol–water partition coefficient (Wildman–Crippen LogP) is 4.36. The van der Waals surface area contributed by atoms with Crippen molar-refractivity contribution < 1.29 is 0 Å². The number of nitrogens with zero attached hydrogens (tertiary/aromatic N) is 3. The van der Waals surface area contributed by atoms with E-state index in [0.717, 1.165) is 36.2 Å². The molecule has 1 aliphatic heterocycles. The van der Waals surface area contributed by atoms with Crippen LogP contribution in [0.2, 0.25) is 0 Å². The van der Waals surface area contributed by atoms with E-state index in [2.05, 4.69) is 40.3 Å². The maximum Gasteiger partial charge on any atom is 0.0817 e. The summed E-state index contributed by atoms with van der Waals surface area (Å²) in [5, 5.41) is 0. The third kappa shape index (κ3) is 2.57. The lowest BCUT2D eigenvalue weighted by Gasteiger charge is -2.16. The fourth-order valence-corrected chi connectivity index (χ4v) is 3.43. The summed E-state index contributed by atoms with van der Waals surface area (Å²) in [5.74, 6) is 0. The number of hydrogen-bond donors (Lipinski definition) is 0. The van der Waals surface area contributed by atoms with Crippen LogP contribution in [0.3, 0.4) is 0 Å². The van der Waals surface area contributed by atoms with Crippen molar-refractivity contribution in [2.75, 3.05) is 6.54 Å². The fraction of sp³-hybridized carbons (Fsp3) is 0.167. The summed E-state index contributed by atoms with van der Waals surface area (Å²) >= 11 is 1.68. The Kier molecular flexibility index (Phi) is 3.52. The number of thiazole rings is 1. The Labute approximate surface area is 133 Å². The van der Waals surface area contributed by atoms with Crippen LogP contribution >= 0.6 is 11.3 Å².